The quantitative estimate of drug-likeness (QED) is 0.464. The van der Waals surface area contributed by atoms with Crippen LogP contribution in [-0.2, 0) is 4.74 Å². The van der Waals surface area contributed by atoms with Crippen molar-refractivity contribution in [3.63, 3.8) is 0 Å². The number of alkyl halides is 1. The predicted molar refractivity (Wildman–Crippen MR) is 70.5 cm³/mol. The molecule has 20 heavy (non-hydrogen) atoms. The normalized spacial score (nSPS) is 22.3. The summed E-state index contributed by atoms with van der Waals surface area (Å²) in [6, 6.07) is 0. The average Bonchev–Trinajstić information content (AvgIpc) is 2.85. The molecule has 0 amide bonds. The molecule has 1 saturated heterocycles. The molecule has 0 spiro atoms. The minimum Gasteiger partial charge on any atom is -0.346 e. The van der Waals surface area contributed by atoms with Gasteiger partial charge in [-0.3, -0.25) is 18.7 Å². The van der Waals surface area contributed by atoms with E-state index in [1.54, 1.807) is 0 Å². The van der Waals surface area contributed by atoms with Crippen molar-refractivity contribution in [3.8, 4) is 0 Å². The number of halogens is 2. The summed E-state index contributed by atoms with van der Waals surface area (Å²) in [7, 11) is 0.500. The number of nitrogens with zero attached hydrogens (tertiary/aromatic N) is 1. The van der Waals surface area contributed by atoms with Crippen molar-refractivity contribution in [3.05, 3.63) is 26.3 Å². The first-order chi connectivity index (χ1) is 9.29. The summed E-state index contributed by atoms with van der Waals surface area (Å²) in [4.78, 5) is 13.6. The van der Waals surface area contributed by atoms with E-state index in [9.17, 15) is 9.18 Å². The van der Waals surface area contributed by atoms with Gasteiger partial charge in [0, 0.05) is 6.20 Å². The molecule has 1 aliphatic heterocycles. The SMILES string of the molecule is CF.O=c1[nH]c(=S)n(C2CCC(C(O)(O)O)O2)cc1Cl. The van der Waals surface area contributed by atoms with Gasteiger partial charge in [0.2, 0.25) is 0 Å². The molecule has 1 aromatic rings. The van der Waals surface area contributed by atoms with Crippen molar-refractivity contribution < 1.29 is 24.4 Å². The van der Waals surface area contributed by atoms with Crippen LogP contribution in [0.25, 0.3) is 0 Å². The van der Waals surface area contributed by atoms with Gasteiger partial charge in [-0.15, -0.1) is 0 Å². The standard InChI is InChI=1S/C9H11ClN2O5S.CH3F/c10-4-3-12(8(18)11-7(4)13)6-2-1-5(17-6)9(14,15)16;1-2/h3,5-6,14-16H,1-2H2,(H,11,13,18);1H3. The van der Waals surface area contributed by atoms with E-state index in [1.165, 1.54) is 10.8 Å². The van der Waals surface area contributed by atoms with Crippen LogP contribution in [0.5, 0.6) is 0 Å². The van der Waals surface area contributed by atoms with Crippen LogP contribution in [0.1, 0.15) is 19.1 Å². The van der Waals surface area contributed by atoms with Gasteiger partial charge in [-0.1, -0.05) is 11.6 Å². The maximum Gasteiger partial charge on any atom is 0.303 e. The molecule has 1 fully saturated rings. The molecule has 0 aliphatic carbocycles. The Bertz CT molecular complexity index is 570. The van der Waals surface area contributed by atoms with Gasteiger partial charge < -0.3 is 20.1 Å². The van der Waals surface area contributed by atoms with Gasteiger partial charge in [-0.05, 0) is 25.1 Å². The van der Waals surface area contributed by atoms with E-state index in [2.05, 4.69) is 4.98 Å². The molecule has 1 aliphatic rings. The van der Waals surface area contributed by atoms with E-state index in [4.69, 9.17) is 43.9 Å². The first-order valence-electron chi connectivity index (χ1n) is 5.50. The zero-order valence-corrected chi connectivity index (χ0v) is 12.0. The van der Waals surface area contributed by atoms with Gasteiger partial charge >= 0.3 is 5.97 Å². The lowest BCUT2D eigenvalue weighted by Gasteiger charge is -2.22. The fourth-order valence-corrected chi connectivity index (χ4v) is 2.20. The zero-order chi connectivity index (χ0) is 15.5. The molecule has 7 nitrogen and oxygen atoms in total. The Hall–Kier alpha value is -0.840. The van der Waals surface area contributed by atoms with Gasteiger partial charge in [0.25, 0.3) is 5.56 Å². The molecule has 10 heteroatoms. The molecule has 0 radical (unpaired) electrons. The Kier molecular flexibility index (Phi) is 5.80. The van der Waals surface area contributed by atoms with Gasteiger partial charge in [0.1, 0.15) is 17.4 Å². The summed E-state index contributed by atoms with van der Waals surface area (Å²) in [6.45, 7) is 0. The summed E-state index contributed by atoms with van der Waals surface area (Å²) in [6.07, 6.45) is 0.166. The highest BCUT2D eigenvalue weighted by Crippen LogP contribution is 2.32. The second kappa shape index (κ2) is 6.74. The molecular formula is C10H14ClFN2O5S. The van der Waals surface area contributed by atoms with Gasteiger partial charge in [0.15, 0.2) is 4.77 Å². The molecule has 2 rings (SSSR count). The second-order valence-corrected chi connectivity index (χ2v) is 4.78. The maximum atomic E-state index is 11.2. The number of ether oxygens (including phenoxy) is 1. The van der Waals surface area contributed by atoms with E-state index in [-0.39, 0.29) is 16.2 Å². The number of rotatable bonds is 2. The topological polar surface area (TPSA) is 108 Å². The third-order valence-corrected chi connectivity index (χ3v) is 3.25. The van der Waals surface area contributed by atoms with Crippen LogP contribution in [-0.4, -0.2) is 44.1 Å². The van der Waals surface area contributed by atoms with E-state index < -0.39 is 23.9 Å². The summed E-state index contributed by atoms with van der Waals surface area (Å²) >= 11 is 10.6. The predicted octanol–water partition coefficient (Wildman–Crippen LogP) is 0.453. The molecule has 0 aromatic carbocycles. The average molecular weight is 329 g/mol. The fraction of sp³-hybridized carbons (Fsp3) is 0.600. The Morgan fingerprint density at radius 1 is 1.50 bits per heavy atom. The highest BCUT2D eigenvalue weighted by atomic mass is 35.5. The first kappa shape index (κ1) is 17.2. The molecule has 0 saturated carbocycles. The largest absolute Gasteiger partial charge is 0.346 e. The Morgan fingerprint density at radius 2 is 2.10 bits per heavy atom. The van der Waals surface area contributed by atoms with E-state index in [1.807, 2.05) is 0 Å². The van der Waals surface area contributed by atoms with Crippen molar-refractivity contribution in [2.45, 2.75) is 31.1 Å². The third-order valence-electron chi connectivity index (χ3n) is 2.66. The molecular weight excluding hydrogens is 315 g/mol. The molecule has 114 valence electrons. The monoisotopic (exact) mass is 328 g/mol. The molecule has 1 aromatic heterocycles. The maximum absolute atomic E-state index is 11.2. The van der Waals surface area contributed by atoms with Crippen LogP contribution < -0.4 is 5.56 Å². The summed E-state index contributed by atoms with van der Waals surface area (Å²) in [5.41, 5.74) is -0.506. The zero-order valence-electron chi connectivity index (χ0n) is 10.4. The minimum absolute atomic E-state index is 0.0566. The first-order valence-corrected chi connectivity index (χ1v) is 6.29. The van der Waals surface area contributed by atoms with Crippen molar-refractivity contribution in [1.82, 2.24) is 9.55 Å². The summed E-state index contributed by atoms with van der Waals surface area (Å²) in [5.74, 6) is -2.90. The van der Waals surface area contributed by atoms with Crippen molar-refractivity contribution in [1.29, 1.82) is 0 Å². The number of nitrogens with one attached hydrogen (secondary N) is 1. The number of hydrogen-bond acceptors (Lipinski definition) is 6. The molecule has 4 N–H and O–H groups in total. The van der Waals surface area contributed by atoms with E-state index >= 15 is 0 Å². The highest BCUT2D eigenvalue weighted by molar-refractivity contribution is 7.71. The molecule has 2 heterocycles. The Morgan fingerprint density at radius 3 is 2.60 bits per heavy atom. The molecule has 2 atom stereocenters. The Labute approximate surface area is 123 Å². The number of aromatic amines is 1. The lowest BCUT2D eigenvalue weighted by Crippen LogP contribution is -2.41. The summed E-state index contributed by atoms with van der Waals surface area (Å²) in [5, 5.41) is 27.0. The van der Waals surface area contributed by atoms with Gasteiger partial charge in [-0.25, -0.2) is 0 Å². The van der Waals surface area contributed by atoms with Gasteiger partial charge in [0.05, 0.1) is 7.18 Å². The van der Waals surface area contributed by atoms with Crippen LogP contribution in [0.15, 0.2) is 11.0 Å². The smallest absolute Gasteiger partial charge is 0.303 e. The van der Waals surface area contributed by atoms with Gasteiger partial charge in [-0.2, -0.15) is 0 Å². The lowest BCUT2D eigenvalue weighted by molar-refractivity contribution is -0.360. The number of aromatic nitrogens is 2. The number of H-pyrrole nitrogens is 1. The lowest BCUT2D eigenvalue weighted by atomic mass is 10.2. The van der Waals surface area contributed by atoms with Crippen LogP contribution in [0, 0.1) is 4.77 Å². The number of hydrogen-bond donors (Lipinski definition) is 4. The highest BCUT2D eigenvalue weighted by Gasteiger charge is 2.40. The van der Waals surface area contributed by atoms with Crippen LogP contribution in [0.4, 0.5) is 4.39 Å². The van der Waals surface area contributed by atoms with Crippen LogP contribution in [0.2, 0.25) is 5.02 Å². The second-order valence-electron chi connectivity index (χ2n) is 3.99. The van der Waals surface area contributed by atoms with Crippen LogP contribution in [0.3, 0.4) is 0 Å². The molecule has 0 bridgehead atoms. The van der Waals surface area contributed by atoms with E-state index in [0.29, 0.717) is 13.6 Å². The Balaban J connectivity index is 0.000000956. The fourth-order valence-electron chi connectivity index (χ4n) is 1.78. The minimum atomic E-state index is -2.90. The molecule has 2 unspecified atom stereocenters. The third kappa shape index (κ3) is 3.84. The van der Waals surface area contributed by atoms with E-state index in [0.717, 1.165) is 0 Å². The van der Waals surface area contributed by atoms with Crippen molar-refractivity contribution in [2.75, 3.05) is 7.18 Å². The van der Waals surface area contributed by atoms with Crippen molar-refractivity contribution >= 4 is 23.8 Å². The van der Waals surface area contributed by atoms with Crippen molar-refractivity contribution in [2.24, 2.45) is 0 Å². The number of aliphatic hydroxyl groups is 3. The summed E-state index contributed by atoms with van der Waals surface area (Å²) < 4.78 is 16.3. The van der Waals surface area contributed by atoms with Crippen LogP contribution >= 0.6 is 23.8 Å².